The van der Waals surface area contributed by atoms with Crippen LogP contribution in [0.2, 0.25) is 5.02 Å². The Morgan fingerprint density at radius 1 is 1.37 bits per heavy atom. The quantitative estimate of drug-likeness (QED) is 0.557. The zero-order chi connectivity index (χ0) is 19.6. The smallest absolute Gasteiger partial charge is 0.339 e. The molecule has 0 amide bonds. The molecule has 0 radical (unpaired) electrons. The molecule has 0 spiro atoms. The monoisotopic (exact) mass is 427 g/mol. The van der Waals surface area contributed by atoms with Crippen molar-refractivity contribution in [2.45, 2.75) is 11.4 Å². The van der Waals surface area contributed by atoms with Gasteiger partial charge in [0.25, 0.3) is 0 Å². The van der Waals surface area contributed by atoms with Gasteiger partial charge in [-0.3, -0.25) is 0 Å². The van der Waals surface area contributed by atoms with Gasteiger partial charge in [-0.05, 0) is 29.6 Å². The normalized spacial score (nSPS) is 11.7. The van der Waals surface area contributed by atoms with Gasteiger partial charge in [0.1, 0.15) is 0 Å². The van der Waals surface area contributed by atoms with Crippen LogP contribution < -0.4 is 0 Å². The van der Waals surface area contributed by atoms with E-state index in [0.29, 0.717) is 5.82 Å². The summed E-state index contributed by atoms with van der Waals surface area (Å²) in [5.74, 6) is -0.186. The summed E-state index contributed by atoms with van der Waals surface area (Å²) in [5.41, 5.74) is -0.0357. The number of halogens is 1. The van der Waals surface area contributed by atoms with Crippen LogP contribution in [0.1, 0.15) is 16.2 Å². The van der Waals surface area contributed by atoms with Gasteiger partial charge < -0.3 is 9.26 Å². The summed E-state index contributed by atoms with van der Waals surface area (Å²) < 4.78 is 36.4. The van der Waals surface area contributed by atoms with E-state index in [1.54, 1.807) is 0 Å². The highest BCUT2D eigenvalue weighted by Gasteiger charge is 2.25. The van der Waals surface area contributed by atoms with Gasteiger partial charge >= 0.3 is 5.97 Å². The van der Waals surface area contributed by atoms with E-state index in [1.165, 1.54) is 43.7 Å². The van der Waals surface area contributed by atoms with Crippen molar-refractivity contribution >= 4 is 38.9 Å². The zero-order valence-corrected chi connectivity index (χ0v) is 16.6. The molecule has 0 unspecified atom stereocenters. The fraction of sp³-hybridized carbons (Fsp3) is 0.188. The molecule has 0 bridgehead atoms. The second kappa shape index (κ2) is 7.77. The number of sulfonamides is 1. The molecule has 1 aromatic carbocycles. The largest absolute Gasteiger partial charge is 0.465 e. The maximum atomic E-state index is 12.8. The lowest BCUT2D eigenvalue weighted by molar-refractivity contribution is 0.0600. The summed E-state index contributed by atoms with van der Waals surface area (Å²) >= 11 is 7.38. The van der Waals surface area contributed by atoms with Gasteiger partial charge in [-0.15, -0.1) is 11.3 Å². The van der Waals surface area contributed by atoms with Crippen molar-refractivity contribution in [2.75, 3.05) is 14.2 Å². The highest BCUT2D eigenvalue weighted by molar-refractivity contribution is 7.89. The number of carbonyl (C=O) groups excluding carboxylic acids is 1. The van der Waals surface area contributed by atoms with Crippen LogP contribution in [0.5, 0.6) is 0 Å². The predicted molar refractivity (Wildman–Crippen MR) is 99.1 cm³/mol. The molecular formula is C16H14ClN3O5S2. The highest BCUT2D eigenvalue weighted by Crippen LogP contribution is 2.25. The van der Waals surface area contributed by atoms with Crippen molar-refractivity contribution in [2.24, 2.45) is 0 Å². The van der Waals surface area contributed by atoms with E-state index >= 15 is 0 Å². The number of hydrogen-bond acceptors (Lipinski definition) is 8. The Balaban J connectivity index is 1.84. The van der Waals surface area contributed by atoms with Crippen molar-refractivity contribution < 1.29 is 22.5 Å². The zero-order valence-electron chi connectivity index (χ0n) is 14.2. The molecule has 0 saturated carbocycles. The maximum absolute atomic E-state index is 12.8. The Morgan fingerprint density at radius 3 is 2.81 bits per heavy atom. The summed E-state index contributed by atoms with van der Waals surface area (Å²) in [6.45, 7) is -0.128. The summed E-state index contributed by atoms with van der Waals surface area (Å²) in [5, 5.41) is 5.83. The third-order valence-corrected chi connectivity index (χ3v) is 6.61. The lowest BCUT2D eigenvalue weighted by Crippen LogP contribution is -2.27. The van der Waals surface area contributed by atoms with Crippen LogP contribution in [0, 0.1) is 0 Å². The van der Waals surface area contributed by atoms with E-state index < -0.39 is 16.0 Å². The number of aromatic nitrogens is 2. The number of carbonyl (C=O) groups is 1. The molecule has 11 heteroatoms. The molecule has 0 N–H and O–H groups in total. The molecule has 0 fully saturated rings. The van der Waals surface area contributed by atoms with Crippen LogP contribution in [-0.2, 0) is 21.3 Å². The Bertz CT molecular complexity index is 1060. The van der Waals surface area contributed by atoms with Crippen molar-refractivity contribution in [3.8, 4) is 10.7 Å². The van der Waals surface area contributed by atoms with Crippen molar-refractivity contribution in [3.05, 3.63) is 52.2 Å². The molecule has 8 nitrogen and oxygen atoms in total. The lowest BCUT2D eigenvalue weighted by atomic mass is 10.2. The lowest BCUT2D eigenvalue weighted by Gasteiger charge is -2.15. The molecule has 3 rings (SSSR count). The van der Waals surface area contributed by atoms with Gasteiger partial charge in [0.05, 0.1) is 34.0 Å². The molecule has 142 valence electrons. The Labute approximate surface area is 164 Å². The summed E-state index contributed by atoms with van der Waals surface area (Å²) in [6, 6.07) is 7.50. The van der Waals surface area contributed by atoms with Gasteiger partial charge in [-0.2, -0.15) is 9.29 Å². The molecule has 0 aliphatic heterocycles. The molecule has 0 saturated heterocycles. The summed E-state index contributed by atoms with van der Waals surface area (Å²) in [6.07, 6.45) is 0. The average Bonchev–Trinajstić information content (AvgIpc) is 3.32. The number of ether oxygens (including phenoxy) is 1. The van der Waals surface area contributed by atoms with Gasteiger partial charge in [0.2, 0.25) is 21.7 Å². The van der Waals surface area contributed by atoms with Gasteiger partial charge in [0, 0.05) is 7.05 Å². The summed E-state index contributed by atoms with van der Waals surface area (Å²) in [7, 11) is -1.36. The van der Waals surface area contributed by atoms with Crippen LogP contribution in [0.15, 0.2) is 45.1 Å². The second-order valence-corrected chi connectivity index (χ2v) is 8.78. The van der Waals surface area contributed by atoms with Gasteiger partial charge in [-0.1, -0.05) is 22.8 Å². The molecule has 2 aromatic heterocycles. The van der Waals surface area contributed by atoms with Crippen LogP contribution in [-0.4, -0.2) is 43.0 Å². The molecule has 0 atom stereocenters. The third kappa shape index (κ3) is 4.03. The van der Waals surface area contributed by atoms with Crippen LogP contribution in [0.25, 0.3) is 10.7 Å². The molecule has 3 aromatic rings. The first-order chi connectivity index (χ1) is 12.8. The second-order valence-electron chi connectivity index (χ2n) is 5.38. The van der Waals surface area contributed by atoms with E-state index in [0.717, 1.165) is 9.18 Å². The molecule has 2 heterocycles. The third-order valence-electron chi connectivity index (χ3n) is 3.62. The molecule has 0 aliphatic carbocycles. The number of rotatable bonds is 6. The highest BCUT2D eigenvalue weighted by atomic mass is 35.5. The minimum atomic E-state index is -3.92. The predicted octanol–water partition coefficient (Wildman–Crippen LogP) is 3.06. The SMILES string of the molecule is COC(=O)c1cc(S(=O)(=O)N(C)Cc2nc(-c3cccs3)no2)ccc1Cl. The first-order valence-corrected chi connectivity index (χ1v) is 10.2. The van der Waals surface area contributed by atoms with E-state index in [9.17, 15) is 13.2 Å². The number of esters is 1. The number of benzene rings is 1. The Kier molecular flexibility index (Phi) is 5.61. The minimum absolute atomic E-state index is 0.0357. The molecule has 0 aliphatic rings. The topological polar surface area (TPSA) is 103 Å². The maximum Gasteiger partial charge on any atom is 0.339 e. The van der Waals surface area contributed by atoms with Crippen LogP contribution in [0.3, 0.4) is 0 Å². The standard InChI is InChI=1S/C16H14ClN3O5S2/c1-20(9-14-18-15(19-25-14)13-4-3-7-26-13)27(22,23)10-5-6-12(17)11(8-10)16(21)24-2/h3-8H,9H2,1-2H3. The summed E-state index contributed by atoms with van der Waals surface area (Å²) in [4.78, 5) is 16.7. The fourth-order valence-electron chi connectivity index (χ4n) is 2.21. The van der Waals surface area contributed by atoms with E-state index in [2.05, 4.69) is 14.9 Å². The average molecular weight is 428 g/mol. The van der Waals surface area contributed by atoms with Gasteiger partial charge in [-0.25, -0.2) is 13.2 Å². The number of nitrogens with zero attached hydrogens (tertiary/aromatic N) is 3. The molecule has 27 heavy (non-hydrogen) atoms. The van der Waals surface area contributed by atoms with E-state index in [4.69, 9.17) is 16.1 Å². The van der Waals surface area contributed by atoms with E-state index in [-0.39, 0.29) is 27.9 Å². The molecular weight excluding hydrogens is 414 g/mol. The van der Waals surface area contributed by atoms with Crippen LogP contribution in [0.4, 0.5) is 0 Å². The first kappa shape index (κ1) is 19.5. The van der Waals surface area contributed by atoms with Crippen molar-refractivity contribution in [3.63, 3.8) is 0 Å². The number of thiophene rings is 1. The van der Waals surface area contributed by atoms with Crippen LogP contribution >= 0.6 is 22.9 Å². The number of methoxy groups -OCH3 is 1. The van der Waals surface area contributed by atoms with Crippen molar-refractivity contribution in [1.29, 1.82) is 0 Å². The van der Waals surface area contributed by atoms with Crippen molar-refractivity contribution in [1.82, 2.24) is 14.4 Å². The van der Waals surface area contributed by atoms with E-state index in [1.807, 2.05) is 17.5 Å². The fourth-order valence-corrected chi connectivity index (χ4v) is 4.20. The number of hydrogen-bond donors (Lipinski definition) is 0. The minimum Gasteiger partial charge on any atom is -0.465 e. The van der Waals surface area contributed by atoms with Gasteiger partial charge in [0.15, 0.2) is 0 Å². The Hall–Kier alpha value is -2.27. The first-order valence-electron chi connectivity index (χ1n) is 7.53. The Morgan fingerprint density at radius 2 is 2.15 bits per heavy atom.